The summed E-state index contributed by atoms with van der Waals surface area (Å²) < 4.78 is 7.57. The minimum Gasteiger partial charge on any atom is -0.494 e. The van der Waals surface area contributed by atoms with E-state index in [9.17, 15) is 0 Å². The van der Waals surface area contributed by atoms with Gasteiger partial charge in [0, 0.05) is 19.3 Å². The number of hydrogen-bond acceptors (Lipinski definition) is 3. The molecule has 4 heteroatoms. The third-order valence-corrected chi connectivity index (χ3v) is 3.76. The number of unbranched alkanes of at least 4 members (excludes halogenated alkanes) is 1. The van der Waals surface area contributed by atoms with Crippen LogP contribution in [0.2, 0.25) is 0 Å². The molecule has 1 unspecified atom stereocenters. The Balaban J connectivity index is 1.98. The van der Waals surface area contributed by atoms with Gasteiger partial charge < -0.3 is 10.1 Å². The molecule has 2 rings (SSSR count). The van der Waals surface area contributed by atoms with Crippen molar-refractivity contribution in [3.63, 3.8) is 0 Å². The van der Waals surface area contributed by atoms with Crippen molar-refractivity contribution in [2.24, 2.45) is 7.05 Å². The lowest BCUT2D eigenvalue weighted by atomic mass is 10.1. The fraction of sp³-hybridized carbons (Fsp3) is 0.500. The molecule has 1 aromatic heterocycles. The van der Waals surface area contributed by atoms with Crippen molar-refractivity contribution < 1.29 is 4.74 Å². The van der Waals surface area contributed by atoms with Crippen LogP contribution >= 0.6 is 0 Å². The molecule has 0 fully saturated rings. The molecule has 0 aliphatic carbocycles. The normalized spacial score (nSPS) is 12.2. The highest BCUT2D eigenvalue weighted by molar-refractivity contribution is 5.48. The Kier molecular flexibility index (Phi) is 5.87. The number of aromatic nitrogens is 2. The standard InChI is InChI=1S/C18H27N3O/c1-5-7-12-22-16-10-8-15(9-11-16)14(3)19-18-13-21(4)20-17(18)6-2/h8-11,13-14,19H,5-7,12H2,1-4H3. The van der Waals surface area contributed by atoms with Crippen molar-refractivity contribution in [2.45, 2.75) is 46.1 Å². The van der Waals surface area contributed by atoms with Gasteiger partial charge in [0.15, 0.2) is 0 Å². The van der Waals surface area contributed by atoms with Crippen LogP contribution < -0.4 is 10.1 Å². The summed E-state index contributed by atoms with van der Waals surface area (Å²) in [5.41, 5.74) is 3.46. The van der Waals surface area contributed by atoms with Crippen molar-refractivity contribution in [1.82, 2.24) is 9.78 Å². The van der Waals surface area contributed by atoms with Gasteiger partial charge in [-0.3, -0.25) is 4.68 Å². The van der Waals surface area contributed by atoms with E-state index < -0.39 is 0 Å². The molecule has 0 saturated carbocycles. The molecule has 1 heterocycles. The van der Waals surface area contributed by atoms with Crippen molar-refractivity contribution in [3.8, 4) is 5.75 Å². The average molecular weight is 301 g/mol. The van der Waals surface area contributed by atoms with Gasteiger partial charge in [-0.05, 0) is 37.5 Å². The molecule has 0 amide bonds. The summed E-state index contributed by atoms with van der Waals surface area (Å²) in [5.74, 6) is 0.944. The second kappa shape index (κ2) is 7.87. The van der Waals surface area contributed by atoms with Gasteiger partial charge in [-0.2, -0.15) is 5.10 Å². The van der Waals surface area contributed by atoms with Crippen molar-refractivity contribution in [1.29, 1.82) is 0 Å². The van der Waals surface area contributed by atoms with E-state index in [-0.39, 0.29) is 6.04 Å². The minimum atomic E-state index is 0.235. The maximum Gasteiger partial charge on any atom is 0.119 e. The number of hydrogen-bond donors (Lipinski definition) is 1. The van der Waals surface area contributed by atoms with Gasteiger partial charge >= 0.3 is 0 Å². The van der Waals surface area contributed by atoms with Crippen LogP contribution in [0.25, 0.3) is 0 Å². The van der Waals surface area contributed by atoms with Gasteiger partial charge in [-0.1, -0.05) is 32.4 Å². The zero-order chi connectivity index (χ0) is 15.9. The summed E-state index contributed by atoms with van der Waals surface area (Å²) in [6.45, 7) is 7.25. The monoisotopic (exact) mass is 301 g/mol. The number of benzene rings is 1. The Morgan fingerprint density at radius 3 is 2.59 bits per heavy atom. The molecule has 1 N–H and O–H groups in total. The minimum absolute atomic E-state index is 0.235. The topological polar surface area (TPSA) is 39.1 Å². The SMILES string of the molecule is CCCCOc1ccc(C(C)Nc2cn(C)nc2CC)cc1. The van der Waals surface area contributed by atoms with Gasteiger partial charge in [0.05, 0.1) is 18.0 Å². The maximum atomic E-state index is 5.71. The highest BCUT2D eigenvalue weighted by Gasteiger charge is 2.10. The highest BCUT2D eigenvalue weighted by Crippen LogP contribution is 2.23. The van der Waals surface area contributed by atoms with Crippen LogP contribution in [0.15, 0.2) is 30.5 Å². The molecule has 0 aliphatic rings. The molecular formula is C18H27N3O. The number of nitrogens with zero attached hydrogens (tertiary/aromatic N) is 2. The first kappa shape index (κ1) is 16.4. The molecule has 0 saturated heterocycles. The lowest BCUT2D eigenvalue weighted by Gasteiger charge is -2.16. The molecule has 2 aromatic rings. The van der Waals surface area contributed by atoms with E-state index in [1.165, 1.54) is 5.56 Å². The first-order valence-electron chi connectivity index (χ1n) is 8.15. The lowest BCUT2D eigenvalue weighted by Crippen LogP contribution is -2.07. The summed E-state index contributed by atoms with van der Waals surface area (Å²) in [6, 6.07) is 8.58. The fourth-order valence-corrected chi connectivity index (χ4v) is 2.42. The number of anilines is 1. The Labute approximate surface area is 133 Å². The number of nitrogens with one attached hydrogen (secondary N) is 1. The molecule has 0 bridgehead atoms. The Bertz CT molecular complexity index is 575. The second-order valence-electron chi connectivity index (χ2n) is 5.65. The van der Waals surface area contributed by atoms with Crippen LogP contribution in [0.3, 0.4) is 0 Å². The first-order valence-corrected chi connectivity index (χ1v) is 8.15. The summed E-state index contributed by atoms with van der Waals surface area (Å²) in [6.07, 6.45) is 5.22. The smallest absolute Gasteiger partial charge is 0.119 e. The highest BCUT2D eigenvalue weighted by atomic mass is 16.5. The van der Waals surface area contributed by atoms with Crippen LogP contribution in [0, 0.1) is 0 Å². The van der Waals surface area contributed by atoms with Crippen LogP contribution in [0.5, 0.6) is 5.75 Å². The largest absolute Gasteiger partial charge is 0.494 e. The van der Waals surface area contributed by atoms with Gasteiger partial charge in [0.1, 0.15) is 5.75 Å². The summed E-state index contributed by atoms with van der Waals surface area (Å²) in [7, 11) is 1.96. The average Bonchev–Trinajstić information content (AvgIpc) is 2.88. The molecule has 4 nitrogen and oxygen atoms in total. The van der Waals surface area contributed by atoms with Crippen LogP contribution in [-0.4, -0.2) is 16.4 Å². The maximum absolute atomic E-state index is 5.71. The third kappa shape index (κ3) is 4.26. The lowest BCUT2D eigenvalue weighted by molar-refractivity contribution is 0.309. The number of aryl methyl sites for hydroxylation is 2. The van der Waals surface area contributed by atoms with E-state index in [1.54, 1.807) is 0 Å². The van der Waals surface area contributed by atoms with E-state index in [4.69, 9.17) is 4.74 Å². The second-order valence-corrected chi connectivity index (χ2v) is 5.65. The van der Waals surface area contributed by atoms with Crippen molar-refractivity contribution >= 4 is 5.69 Å². The van der Waals surface area contributed by atoms with Crippen LogP contribution in [0.4, 0.5) is 5.69 Å². The molecule has 22 heavy (non-hydrogen) atoms. The predicted octanol–water partition coefficient (Wildman–Crippen LogP) is 4.33. The van der Waals surface area contributed by atoms with E-state index >= 15 is 0 Å². The Morgan fingerprint density at radius 2 is 1.95 bits per heavy atom. The molecule has 0 aliphatic heterocycles. The summed E-state index contributed by atoms with van der Waals surface area (Å²) in [4.78, 5) is 0. The van der Waals surface area contributed by atoms with Crippen molar-refractivity contribution in [3.05, 3.63) is 41.7 Å². The molecular weight excluding hydrogens is 274 g/mol. The van der Waals surface area contributed by atoms with E-state index in [0.29, 0.717) is 0 Å². The number of ether oxygens (including phenoxy) is 1. The zero-order valence-electron chi connectivity index (χ0n) is 14.1. The van der Waals surface area contributed by atoms with Gasteiger partial charge in [-0.25, -0.2) is 0 Å². The molecule has 0 radical (unpaired) electrons. The Hall–Kier alpha value is -1.97. The fourth-order valence-electron chi connectivity index (χ4n) is 2.42. The van der Waals surface area contributed by atoms with Crippen LogP contribution in [-0.2, 0) is 13.5 Å². The zero-order valence-corrected chi connectivity index (χ0v) is 14.1. The first-order chi connectivity index (χ1) is 10.6. The van der Waals surface area contributed by atoms with Gasteiger partial charge in [0.25, 0.3) is 0 Å². The van der Waals surface area contributed by atoms with E-state index in [1.807, 2.05) is 30.1 Å². The summed E-state index contributed by atoms with van der Waals surface area (Å²) in [5, 5.41) is 8.01. The van der Waals surface area contributed by atoms with E-state index in [2.05, 4.69) is 43.3 Å². The number of rotatable bonds is 8. The van der Waals surface area contributed by atoms with Gasteiger partial charge in [-0.15, -0.1) is 0 Å². The molecule has 1 aromatic carbocycles. The molecule has 120 valence electrons. The molecule has 1 atom stereocenters. The predicted molar refractivity (Wildman–Crippen MR) is 91.5 cm³/mol. The van der Waals surface area contributed by atoms with E-state index in [0.717, 1.165) is 43.0 Å². The summed E-state index contributed by atoms with van der Waals surface area (Å²) >= 11 is 0. The van der Waals surface area contributed by atoms with Crippen LogP contribution in [0.1, 0.15) is 50.9 Å². The quantitative estimate of drug-likeness (QED) is 0.737. The van der Waals surface area contributed by atoms with Gasteiger partial charge in [0.2, 0.25) is 0 Å². The molecule has 0 spiro atoms. The third-order valence-electron chi connectivity index (χ3n) is 3.76. The Morgan fingerprint density at radius 1 is 1.23 bits per heavy atom. The van der Waals surface area contributed by atoms with Crippen molar-refractivity contribution in [2.75, 3.05) is 11.9 Å².